The topological polar surface area (TPSA) is 41.6 Å². The number of carbonyl (C=O) groups is 1. The lowest BCUT2D eigenvalue weighted by Gasteiger charge is -2.21. The summed E-state index contributed by atoms with van der Waals surface area (Å²) in [7, 11) is 1.54. The van der Waals surface area contributed by atoms with Gasteiger partial charge in [0, 0.05) is 18.3 Å². The van der Waals surface area contributed by atoms with Crippen molar-refractivity contribution in [3.63, 3.8) is 0 Å². The number of methoxy groups -OCH3 is 1. The zero-order valence-corrected chi connectivity index (χ0v) is 14.7. The van der Waals surface area contributed by atoms with Crippen LogP contribution < -0.4 is 10.1 Å². The fourth-order valence-corrected chi connectivity index (χ4v) is 2.96. The fraction of sp³-hybridized carbons (Fsp3) is 0.316. The van der Waals surface area contributed by atoms with Crippen LogP contribution in [0.4, 0.5) is 10.1 Å². The third kappa shape index (κ3) is 4.94. The molecule has 1 fully saturated rings. The molecule has 0 aromatic heterocycles. The Labute approximate surface area is 151 Å². The summed E-state index contributed by atoms with van der Waals surface area (Å²) in [6.45, 7) is 0.910. The Kier molecular flexibility index (Phi) is 5.56. The van der Waals surface area contributed by atoms with Crippen molar-refractivity contribution in [2.75, 3.05) is 19.0 Å². The van der Waals surface area contributed by atoms with Crippen molar-refractivity contribution < 1.29 is 13.9 Å². The molecular formula is C19H20ClFN2O2. The molecule has 1 saturated carbocycles. The van der Waals surface area contributed by atoms with Crippen LogP contribution in [0.25, 0.3) is 0 Å². The lowest BCUT2D eigenvalue weighted by Crippen LogP contribution is -2.34. The second-order valence-electron chi connectivity index (χ2n) is 6.16. The first-order valence-electron chi connectivity index (χ1n) is 8.17. The molecule has 1 N–H and O–H groups in total. The summed E-state index contributed by atoms with van der Waals surface area (Å²) in [6.07, 6.45) is 2.17. The number of amides is 1. The molecule has 1 aliphatic rings. The van der Waals surface area contributed by atoms with Crippen molar-refractivity contribution in [1.82, 2.24) is 4.90 Å². The van der Waals surface area contributed by atoms with E-state index in [0.29, 0.717) is 29.0 Å². The third-order valence-corrected chi connectivity index (χ3v) is 4.44. The number of hydrogen-bond donors (Lipinski definition) is 1. The van der Waals surface area contributed by atoms with Gasteiger partial charge in [0.2, 0.25) is 5.91 Å². The van der Waals surface area contributed by atoms with Crippen molar-refractivity contribution in [1.29, 1.82) is 0 Å². The van der Waals surface area contributed by atoms with Crippen molar-refractivity contribution in [3.8, 4) is 5.75 Å². The average molecular weight is 363 g/mol. The van der Waals surface area contributed by atoms with Crippen LogP contribution in [-0.2, 0) is 11.3 Å². The van der Waals surface area contributed by atoms with Gasteiger partial charge in [-0.3, -0.25) is 9.69 Å². The molecule has 132 valence electrons. The molecule has 0 saturated heterocycles. The molecule has 3 rings (SSSR count). The maximum absolute atomic E-state index is 13.0. The predicted molar refractivity (Wildman–Crippen MR) is 96.5 cm³/mol. The summed E-state index contributed by atoms with van der Waals surface area (Å²) in [5.41, 5.74) is 1.63. The largest absolute Gasteiger partial charge is 0.495 e. The molecule has 0 heterocycles. The molecule has 1 amide bonds. The normalized spacial score (nSPS) is 13.8. The van der Waals surface area contributed by atoms with E-state index in [4.69, 9.17) is 16.3 Å². The van der Waals surface area contributed by atoms with Gasteiger partial charge in [-0.25, -0.2) is 4.39 Å². The molecule has 6 heteroatoms. The number of ether oxygens (including phenoxy) is 1. The number of carbonyl (C=O) groups excluding carboxylic acids is 1. The Morgan fingerprint density at radius 2 is 2.00 bits per heavy atom. The Hall–Kier alpha value is -2.11. The SMILES string of the molecule is COc1ccc(NC(=O)CN(Cc2ccc(F)cc2)C2CC2)cc1Cl. The van der Waals surface area contributed by atoms with Crippen molar-refractivity contribution in [2.24, 2.45) is 0 Å². The molecule has 25 heavy (non-hydrogen) atoms. The van der Waals surface area contributed by atoms with Gasteiger partial charge in [0.1, 0.15) is 11.6 Å². The number of nitrogens with one attached hydrogen (secondary N) is 1. The highest BCUT2D eigenvalue weighted by molar-refractivity contribution is 6.32. The van der Waals surface area contributed by atoms with Gasteiger partial charge in [-0.15, -0.1) is 0 Å². The second-order valence-corrected chi connectivity index (χ2v) is 6.57. The van der Waals surface area contributed by atoms with E-state index in [2.05, 4.69) is 10.2 Å². The van der Waals surface area contributed by atoms with E-state index in [1.54, 1.807) is 37.4 Å². The number of benzene rings is 2. The number of rotatable bonds is 7. The maximum atomic E-state index is 13.0. The molecule has 0 radical (unpaired) electrons. The van der Waals surface area contributed by atoms with Crippen LogP contribution in [-0.4, -0.2) is 30.5 Å². The minimum absolute atomic E-state index is 0.102. The van der Waals surface area contributed by atoms with Gasteiger partial charge in [-0.2, -0.15) is 0 Å². The Balaban J connectivity index is 1.61. The summed E-state index contributed by atoms with van der Waals surface area (Å²) in [4.78, 5) is 14.5. The summed E-state index contributed by atoms with van der Waals surface area (Å²) in [5, 5.41) is 3.31. The summed E-state index contributed by atoms with van der Waals surface area (Å²) in [5.74, 6) is 0.210. The third-order valence-electron chi connectivity index (χ3n) is 4.14. The van der Waals surface area contributed by atoms with Gasteiger partial charge < -0.3 is 10.1 Å². The first-order chi connectivity index (χ1) is 12.0. The van der Waals surface area contributed by atoms with Gasteiger partial charge in [0.25, 0.3) is 0 Å². The molecule has 0 unspecified atom stereocenters. The van der Waals surface area contributed by atoms with Crippen LogP contribution in [0.15, 0.2) is 42.5 Å². The Morgan fingerprint density at radius 1 is 1.28 bits per heavy atom. The number of anilines is 1. The molecule has 1 aliphatic carbocycles. The van der Waals surface area contributed by atoms with Crippen LogP contribution in [0.5, 0.6) is 5.75 Å². The number of halogens is 2. The van der Waals surface area contributed by atoms with Crippen molar-refractivity contribution >= 4 is 23.2 Å². The van der Waals surface area contributed by atoms with Crippen LogP contribution in [0, 0.1) is 5.82 Å². The van der Waals surface area contributed by atoms with Gasteiger partial charge in [0.15, 0.2) is 0 Å². The van der Waals surface area contributed by atoms with Gasteiger partial charge in [-0.1, -0.05) is 23.7 Å². The average Bonchev–Trinajstić information content (AvgIpc) is 3.41. The van der Waals surface area contributed by atoms with E-state index >= 15 is 0 Å². The summed E-state index contributed by atoms with van der Waals surface area (Å²) < 4.78 is 18.1. The lowest BCUT2D eigenvalue weighted by molar-refractivity contribution is -0.117. The van der Waals surface area contributed by atoms with Gasteiger partial charge in [0.05, 0.1) is 18.7 Å². The van der Waals surface area contributed by atoms with Crippen molar-refractivity contribution in [3.05, 3.63) is 58.9 Å². The van der Waals surface area contributed by atoms with E-state index in [1.165, 1.54) is 12.1 Å². The fourth-order valence-electron chi connectivity index (χ4n) is 2.71. The number of hydrogen-bond acceptors (Lipinski definition) is 3. The van der Waals surface area contributed by atoms with Crippen LogP contribution >= 0.6 is 11.6 Å². The smallest absolute Gasteiger partial charge is 0.238 e. The highest BCUT2D eigenvalue weighted by Crippen LogP contribution is 2.29. The molecule has 4 nitrogen and oxygen atoms in total. The zero-order chi connectivity index (χ0) is 17.8. The van der Waals surface area contributed by atoms with Crippen LogP contribution in [0.1, 0.15) is 18.4 Å². The summed E-state index contributed by atoms with van der Waals surface area (Å²) >= 11 is 6.08. The highest BCUT2D eigenvalue weighted by atomic mass is 35.5. The molecule has 2 aromatic rings. The minimum atomic E-state index is -0.254. The van der Waals surface area contributed by atoms with E-state index < -0.39 is 0 Å². The molecule has 0 aliphatic heterocycles. The Bertz CT molecular complexity index is 748. The molecule has 0 spiro atoms. The van der Waals surface area contributed by atoms with E-state index in [-0.39, 0.29) is 18.3 Å². The van der Waals surface area contributed by atoms with Crippen molar-refractivity contribution in [2.45, 2.75) is 25.4 Å². The van der Waals surface area contributed by atoms with E-state index in [0.717, 1.165) is 18.4 Å². The van der Waals surface area contributed by atoms with Gasteiger partial charge in [-0.05, 0) is 48.7 Å². The van der Waals surface area contributed by atoms with E-state index in [1.807, 2.05) is 0 Å². The lowest BCUT2D eigenvalue weighted by atomic mass is 10.2. The quantitative estimate of drug-likeness (QED) is 0.806. The molecular weight excluding hydrogens is 343 g/mol. The maximum Gasteiger partial charge on any atom is 0.238 e. The molecule has 0 atom stereocenters. The number of nitrogens with zero attached hydrogens (tertiary/aromatic N) is 1. The van der Waals surface area contributed by atoms with Gasteiger partial charge >= 0.3 is 0 Å². The highest BCUT2D eigenvalue weighted by Gasteiger charge is 2.30. The second kappa shape index (κ2) is 7.85. The minimum Gasteiger partial charge on any atom is -0.495 e. The predicted octanol–water partition coefficient (Wildman–Crippen LogP) is 4.09. The molecule has 0 bridgehead atoms. The standard InChI is InChI=1S/C19H20ClFN2O2/c1-25-18-9-6-15(10-17(18)20)22-19(24)12-23(16-7-8-16)11-13-2-4-14(21)5-3-13/h2-6,9-10,16H,7-8,11-12H2,1H3,(H,22,24). The Morgan fingerprint density at radius 3 is 2.60 bits per heavy atom. The first kappa shape index (κ1) is 17.7. The summed E-state index contributed by atoms with van der Waals surface area (Å²) in [6, 6.07) is 12.0. The van der Waals surface area contributed by atoms with E-state index in [9.17, 15) is 9.18 Å². The zero-order valence-electron chi connectivity index (χ0n) is 14.0. The monoisotopic (exact) mass is 362 g/mol. The first-order valence-corrected chi connectivity index (χ1v) is 8.55. The van der Waals surface area contributed by atoms with Crippen LogP contribution in [0.2, 0.25) is 5.02 Å². The van der Waals surface area contributed by atoms with Crippen LogP contribution in [0.3, 0.4) is 0 Å². The molecule has 2 aromatic carbocycles.